The van der Waals surface area contributed by atoms with E-state index in [-0.39, 0.29) is 12.1 Å². The van der Waals surface area contributed by atoms with Crippen LogP contribution in [0.2, 0.25) is 0 Å². The number of urea groups is 1. The number of nitrogens with zero attached hydrogens (tertiary/aromatic N) is 1. The first-order chi connectivity index (χ1) is 8.04. The summed E-state index contributed by atoms with van der Waals surface area (Å²) < 4.78 is 4.64. The van der Waals surface area contributed by atoms with E-state index in [0.29, 0.717) is 11.3 Å². The number of nitrogens with one attached hydrogen (secondary N) is 1. The monoisotopic (exact) mass is 234 g/mol. The van der Waals surface area contributed by atoms with Gasteiger partial charge < -0.3 is 15.0 Å². The van der Waals surface area contributed by atoms with Crippen LogP contribution in [-0.4, -0.2) is 31.1 Å². The average molecular weight is 234 g/mol. The summed E-state index contributed by atoms with van der Waals surface area (Å²) in [4.78, 5) is 24.6. The number of fused-ring (bicyclic) bond motifs is 1. The molecule has 5 nitrogen and oxygen atoms in total. The van der Waals surface area contributed by atoms with Gasteiger partial charge in [-0.1, -0.05) is 6.07 Å². The zero-order valence-corrected chi connectivity index (χ0v) is 9.98. The number of anilines is 1. The summed E-state index contributed by atoms with van der Waals surface area (Å²) >= 11 is 0. The van der Waals surface area contributed by atoms with E-state index in [0.717, 1.165) is 5.56 Å². The van der Waals surface area contributed by atoms with Crippen molar-refractivity contribution in [2.75, 3.05) is 19.5 Å². The number of hydrogen-bond donors (Lipinski definition) is 1. The molecule has 1 aliphatic rings. The van der Waals surface area contributed by atoms with Crippen molar-refractivity contribution in [1.82, 2.24) is 4.90 Å². The van der Waals surface area contributed by atoms with E-state index >= 15 is 0 Å². The topological polar surface area (TPSA) is 58.6 Å². The molecule has 0 saturated heterocycles. The van der Waals surface area contributed by atoms with Gasteiger partial charge in [0.1, 0.15) is 0 Å². The van der Waals surface area contributed by atoms with Crippen LogP contribution < -0.4 is 5.32 Å². The highest BCUT2D eigenvalue weighted by Crippen LogP contribution is 2.32. The van der Waals surface area contributed by atoms with Crippen LogP contribution >= 0.6 is 0 Å². The third kappa shape index (κ3) is 1.84. The molecule has 1 atom stereocenters. The Kier molecular flexibility index (Phi) is 2.75. The van der Waals surface area contributed by atoms with Crippen molar-refractivity contribution < 1.29 is 14.3 Å². The molecule has 1 heterocycles. The average Bonchev–Trinajstić information content (AvgIpc) is 2.34. The summed E-state index contributed by atoms with van der Waals surface area (Å²) in [5.41, 5.74) is 2.09. The highest BCUT2D eigenvalue weighted by molar-refractivity contribution is 5.96. The Hall–Kier alpha value is -2.04. The molecule has 1 N–H and O–H groups in total. The van der Waals surface area contributed by atoms with Crippen molar-refractivity contribution in [3.05, 3.63) is 29.3 Å². The molecule has 0 aromatic heterocycles. The van der Waals surface area contributed by atoms with Crippen LogP contribution in [0.15, 0.2) is 18.2 Å². The molecule has 0 spiro atoms. The molecule has 0 fully saturated rings. The second-order valence-electron chi connectivity index (χ2n) is 4.01. The highest BCUT2D eigenvalue weighted by Gasteiger charge is 2.26. The summed E-state index contributed by atoms with van der Waals surface area (Å²) in [6, 6.07) is 4.99. The third-order valence-corrected chi connectivity index (χ3v) is 3.07. The van der Waals surface area contributed by atoms with Gasteiger partial charge in [-0.25, -0.2) is 9.59 Å². The van der Waals surface area contributed by atoms with Crippen molar-refractivity contribution in [2.24, 2.45) is 0 Å². The van der Waals surface area contributed by atoms with Crippen LogP contribution in [0.4, 0.5) is 10.5 Å². The molecule has 1 aromatic rings. The predicted molar refractivity (Wildman–Crippen MR) is 63.0 cm³/mol. The zero-order valence-electron chi connectivity index (χ0n) is 9.98. The first-order valence-electron chi connectivity index (χ1n) is 5.30. The third-order valence-electron chi connectivity index (χ3n) is 3.07. The number of esters is 1. The molecule has 0 bridgehead atoms. The minimum absolute atomic E-state index is 0.00885. The fourth-order valence-electron chi connectivity index (χ4n) is 1.86. The summed E-state index contributed by atoms with van der Waals surface area (Å²) in [6.07, 6.45) is 0. The minimum Gasteiger partial charge on any atom is -0.465 e. The maximum Gasteiger partial charge on any atom is 0.337 e. The molecule has 1 aromatic carbocycles. The molecule has 1 aliphatic heterocycles. The predicted octanol–water partition coefficient (Wildman–Crippen LogP) is 2.01. The van der Waals surface area contributed by atoms with Gasteiger partial charge in [-0.3, -0.25) is 0 Å². The van der Waals surface area contributed by atoms with Crippen LogP contribution in [0, 0.1) is 0 Å². The second-order valence-corrected chi connectivity index (χ2v) is 4.01. The molecule has 17 heavy (non-hydrogen) atoms. The van der Waals surface area contributed by atoms with Gasteiger partial charge in [0.2, 0.25) is 0 Å². The molecule has 0 radical (unpaired) electrons. The fourth-order valence-corrected chi connectivity index (χ4v) is 1.86. The van der Waals surface area contributed by atoms with E-state index in [9.17, 15) is 9.59 Å². The Balaban J connectivity index is 2.44. The van der Waals surface area contributed by atoms with Crippen molar-refractivity contribution in [1.29, 1.82) is 0 Å². The number of carbonyl (C=O) groups excluding carboxylic acids is 2. The van der Waals surface area contributed by atoms with Gasteiger partial charge >= 0.3 is 12.0 Å². The van der Waals surface area contributed by atoms with E-state index < -0.39 is 5.97 Å². The molecule has 0 aliphatic carbocycles. The van der Waals surface area contributed by atoms with Gasteiger partial charge in [0.05, 0.1) is 18.7 Å². The number of amides is 2. The van der Waals surface area contributed by atoms with Crippen LogP contribution in [0.3, 0.4) is 0 Å². The van der Waals surface area contributed by atoms with Gasteiger partial charge in [-0.15, -0.1) is 0 Å². The standard InChI is InChI=1S/C12H14N2O3/c1-7-9-5-4-8(11(15)17-3)6-10(9)13-12(16)14(7)2/h4-7H,1-3H3,(H,13,16)/t7-/m0/s1. The van der Waals surface area contributed by atoms with Crippen LogP contribution in [0.1, 0.15) is 28.9 Å². The van der Waals surface area contributed by atoms with E-state index in [1.54, 1.807) is 24.1 Å². The molecular formula is C12H14N2O3. The Morgan fingerprint density at radius 2 is 2.18 bits per heavy atom. The minimum atomic E-state index is -0.409. The number of ether oxygens (including phenoxy) is 1. The van der Waals surface area contributed by atoms with E-state index in [2.05, 4.69) is 10.1 Å². The lowest BCUT2D eigenvalue weighted by molar-refractivity contribution is 0.0600. The highest BCUT2D eigenvalue weighted by atomic mass is 16.5. The van der Waals surface area contributed by atoms with Crippen LogP contribution in [-0.2, 0) is 4.74 Å². The maximum atomic E-state index is 11.6. The lowest BCUT2D eigenvalue weighted by Gasteiger charge is -2.32. The Morgan fingerprint density at radius 1 is 1.47 bits per heavy atom. The SMILES string of the molecule is COC(=O)c1ccc2c(c1)NC(=O)N(C)[C@H]2C. The summed E-state index contributed by atoms with van der Waals surface area (Å²) in [7, 11) is 3.06. The summed E-state index contributed by atoms with van der Waals surface area (Å²) in [5.74, 6) is -0.409. The smallest absolute Gasteiger partial charge is 0.337 e. The first-order valence-corrected chi connectivity index (χ1v) is 5.30. The molecule has 0 unspecified atom stereocenters. The van der Waals surface area contributed by atoms with Crippen molar-refractivity contribution in [3.8, 4) is 0 Å². The van der Waals surface area contributed by atoms with Crippen molar-refractivity contribution >= 4 is 17.7 Å². The van der Waals surface area contributed by atoms with E-state index in [4.69, 9.17) is 0 Å². The molecular weight excluding hydrogens is 220 g/mol. The van der Waals surface area contributed by atoms with E-state index in [1.807, 2.05) is 13.0 Å². The van der Waals surface area contributed by atoms with Gasteiger partial charge in [0.15, 0.2) is 0 Å². The Bertz CT molecular complexity index is 485. The maximum absolute atomic E-state index is 11.6. The van der Waals surface area contributed by atoms with E-state index in [1.165, 1.54) is 7.11 Å². The molecule has 2 amide bonds. The van der Waals surface area contributed by atoms with Gasteiger partial charge in [-0.05, 0) is 24.6 Å². The normalized spacial score (nSPS) is 18.4. The number of benzene rings is 1. The van der Waals surface area contributed by atoms with Gasteiger partial charge in [-0.2, -0.15) is 0 Å². The van der Waals surface area contributed by atoms with Crippen LogP contribution in [0.25, 0.3) is 0 Å². The van der Waals surface area contributed by atoms with Gasteiger partial charge in [0, 0.05) is 12.7 Å². The summed E-state index contributed by atoms with van der Waals surface area (Å²) in [5, 5.41) is 2.74. The number of carbonyl (C=O) groups is 2. The first kappa shape index (κ1) is 11.4. The number of methoxy groups -OCH3 is 1. The quantitative estimate of drug-likeness (QED) is 0.756. The largest absolute Gasteiger partial charge is 0.465 e. The Morgan fingerprint density at radius 3 is 2.82 bits per heavy atom. The number of rotatable bonds is 1. The second kappa shape index (κ2) is 4.08. The molecule has 5 heteroatoms. The summed E-state index contributed by atoms with van der Waals surface area (Å²) in [6.45, 7) is 1.94. The molecule has 0 saturated carbocycles. The number of hydrogen-bond acceptors (Lipinski definition) is 3. The van der Waals surface area contributed by atoms with Gasteiger partial charge in [0.25, 0.3) is 0 Å². The molecule has 2 rings (SSSR count). The van der Waals surface area contributed by atoms with Crippen molar-refractivity contribution in [3.63, 3.8) is 0 Å². The van der Waals surface area contributed by atoms with Crippen molar-refractivity contribution in [2.45, 2.75) is 13.0 Å². The fraction of sp³-hybridized carbons (Fsp3) is 0.333. The zero-order chi connectivity index (χ0) is 12.6. The lowest BCUT2D eigenvalue weighted by atomic mass is 10.0. The molecule has 90 valence electrons. The lowest BCUT2D eigenvalue weighted by Crippen LogP contribution is -2.38. The Labute approximate surface area is 99.4 Å². The van der Waals surface area contributed by atoms with Crippen LogP contribution in [0.5, 0.6) is 0 Å².